The summed E-state index contributed by atoms with van der Waals surface area (Å²) in [6.45, 7) is 10.7. The van der Waals surface area contributed by atoms with Crippen LogP contribution in [-0.2, 0) is 11.3 Å². The van der Waals surface area contributed by atoms with Gasteiger partial charge in [0.15, 0.2) is 5.96 Å². The summed E-state index contributed by atoms with van der Waals surface area (Å²) in [4.78, 5) is 9.15. The standard InChI is InChI=1S/C21H37N5O2.HI/c1-6-27-11-12-28-20-13-17(2)7-8-18(20)14-23-21(22-3)24-15-19-16-25(4)9-10-26(19)5;/h7-8,13,19H,6,9-12,14-16H2,1-5H3,(H2,22,23,24);1H. The van der Waals surface area contributed by atoms with E-state index in [4.69, 9.17) is 9.47 Å². The highest BCUT2D eigenvalue weighted by atomic mass is 127. The van der Waals surface area contributed by atoms with E-state index in [1.807, 2.05) is 6.92 Å². The number of aliphatic imine (C=N–C) groups is 1. The number of ether oxygens (including phenoxy) is 2. The number of nitrogens with zero attached hydrogens (tertiary/aromatic N) is 3. The van der Waals surface area contributed by atoms with Gasteiger partial charge in [-0.05, 0) is 39.6 Å². The third kappa shape index (κ3) is 9.06. The quantitative estimate of drug-likeness (QED) is 0.225. The van der Waals surface area contributed by atoms with E-state index in [2.05, 4.69) is 64.6 Å². The number of likely N-dealkylation sites (N-methyl/N-ethyl adjacent to an activating group) is 2. The number of nitrogens with one attached hydrogen (secondary N) is 2. The molecule has 1 aliphatic rings. The van der Waals surface area contributed by atoms with Crippen LogP contribution in [0.3, 0.4) is 0 Å². The Morgan fingerprint density at radius 2 is 2.00 bits per heavy atom. The number of halogens is 1. The van der Waals surface area contributed by atoms with Gasteiger partial charge in [0, 0.05) is 58.0 Å². The first-order valence-electron chi connectivity index (χ1n) is 10.2. The fourth-order valence-electron chi connectivity index (χ4n) is 3.23. The van der Waals surface area contributed by atoms with E-state index in [1.165, 1.54) is 5.56 Å². The van der Waals surface area contributed by atoms with E-state index in [0.717, 1.165) is 43.5 Å². The Hall–Kier alpha value is -1.10. The molecule has 0 spiro atoms. The zero-order valence-corrected chi connectivity index (χ0v) is 20.9. The number of rotatable bonds is 9. The summed E-state index contributed by atoms with van der Waals surface area (Å²) < 4.78 is 11.3. The van der Waals surface area contributed by atoms with Crippen LogP contribution in [0.4, 0.5) is 0 Å². The van der Waals surface area contributed by atoms with Crippen molar-refractivity contribution in [1.29, 1.82) is 0 Å². The van der Waals surface area contributed by atoms with Crippen LogP contribution in [0, 0.1) is 6.92 Å². The predicted molar refractivity (Wildman–Crippen MR) is 131 cm³/mol. The number of hydrogen-bond acceptors (Lipinski definition) is 5. The van der Waals surface area contributed by atoms with Gasteiger partial charge in [-0.25, -0.2) is 0 Å². The third-order valence-corrected chi connectivity index (χ3v) is 5.07. The molecule has 2 N–H and O–H groups in total. The van der Waals surface area contributed by atoms with Crippen molar-refractivity contribution in [3.63, 3.8) is 0 Å². The van der Waals surface area contributed by atoms with Gasteiger partial charge in [-0.3, -0.25) is 9.89 Å². The minimum absolute atomic E-state index is 0. The topological polar surface area (TPSA) is 61.4 Å². The lowest BCUT2D eigenvalue weighted by atomic mass is 10.1. The highest BCUT2D eigenvalue weighted by molar-refractivity contribution is 14.0. The second kappa shape index (κ2) is 14.0. The fourth-order valence-corrected chi connectivity index (χ4v) is 3.23. The molecule has 0 aliphatic carbocycles. The van der Waals surface area contributed by atoms with Gasteiger partial charge >= 0.3 is 0 Å². The number of hydrogen-bond donors (Lipinski definition) is 2. The number of piperazine rings is 1. The monoisotopic (exact) mass is 519 g/mol. The summed E-state index contributed by atoms with van der Waals surface area (Å²) in [5.41, 5.74) is 2.29. The van der Waals surface area contributed by atoms with Crippen LogP contribution < -0.4 is 15.4 Å². The molecule has 2 rings (SSSR count). The Kier molecular flexibility index (Phi) is 12.5. The summed E-state index contributed by atoms with van der Waals surface area (Å²) in [5.74, 6) is 1.71. The van der Waals surface area contributed by atoms with Crippen molar-refractivity contribution in [2.24, 2.45) is 4.99 Å². The average molecular weight is 519 g/mol. The van der Waals surface area contributed by atoms with Crippen molar-refractivity contribution in [2.75, 3.05) is 67.1 Å². The van der Waals surface area contributed by atoms with Gasteiger partial charge in [-0.2, -0.15) is 0 Å². The molecule has 1 unspecified atom stereocenters. The maximum atomic E-state index is 5.93. The molecule has 1 atom stereocenters. The van der Waals surface area contributed by atoms with Crippen molar-refractivity contribution >= 4 is 29.9 Å². The molecule has 1 heterocycles. The van der Waals surface area contributed by atoms with Crippen molar-refractivity contribution < 1.29 is 9.47 Å². The van der Waals surface area contributed by atoms with Crippen LogP contribution in [0.15, 0.2) is 23.2 Å². The minimum Gasteiger partial charge on any atom is -0.491 e. The first-order chi connectivity index (χ1) is 13.5. The van der Waals surface area contributed by atoms with Crippen LogP contribution in [0.1, 0.15) is 18.1 Å². The van der Waals surface area contributed by atoms with E-state index in [1.54, 1.807) is 7.05 Å². The highest BCUT2D eigenvalue weighted by Gasteiger charge is 2.22. The molecule has 1 aromatic rings. The SMILES string of the molecule is CCOCCOc1cc(C)ccc1CNC(=NC)NCC1CN(C)CCN1C.I. The van der Waals surface area contributed by atoms with Crippen LogP contribution in [0.25, 0.3) is 0 Å². The Balaban J connectivity index is 0.00000420. The van der Waals surface area contributed by atoms with Crippen LogP contribution in [0.2, 0.25) is 0 Å². The van der Waals surface area contributed by atoms with E-state index >= 15 is 0 Å². The molecule has 166 valence electrons. The second-order valence-electron chi connectivity index (χ2n) is 7.36. The van der Waals surface area contributed by atoms with E-state index in [-0.39, 0.29) is 24.0 Å². The zero-order valence-electron chi connectivity index (χ0n) is 18.5. The Labute approximate surface area is 193 Å². The molecule has 0 bridgehead atoms. The lowest BCUT2D eigenvalue weighted by Crippen LogP contribution is -2.55. The average Bonchev–Trinajstić information content (AvgIpc) is 2.69. The maximum absolute atomic E-state index is 5.93. The second-order valence-corrected chi connectivity index (χ2v) is 7.36. The summed E-state index contributed by atoms with van der Waals surface area (Å²) in [7, 11) is 6.17. The molecule has 1 fully saturated rings. The lowest BCUT2D eigenvalue weighted by molar-refractivity contribution is 0.110. The van der Waals surface area contributed by atoms with Crippen molar-refractivity contribution in [3.05, 3.63) is 29.3 Å². The van der Waals surface area contributed by atoms with Crippen molar-refractivity contribution in [3.8, 4) is 5.75 Å². The summed E-state index contributed by atoms with van der Waals surface area (Å²) in [6.07, 6.45) is 0. The molecule has 7 nitrogen and oxygen atoms in total. The third-order valence-electron chi connectivity index (χ3n) is 5.07. The molecule has 29 heavy (non-hydrogen) atoms. The van der Waals surface area contributed by atoms with E-state index in [0.29, 0.717) is 32.4 Å². The Bertz CT molecular complexity index is 629. The number of benzene rings is 1. The summed E-state index contributed by atoms with van der Waals surface area (Å²) in [5, 5.41) is 6.87. The Morgan fingerprint density at radius 1 is 1.21 bits per heavy atom. The van der Waals surface area contributed by atoms with Gasteiger partial charge in [0.2, 0.25) is 0 Å². The highest BCUT2D eigenvalue weighted by Crippen LogP contribution is 2.20. The van der Waals surface area contributed by atoms with Crippen molar-refractivity contribution in [1.82, 2.24) is 20.4 Å². The smallest absolute Gasteiger partial charge is 0.191 e. The largest absolute Gasteiger partial charge is 0.491 e. The molecule has 0 aromatic heterocycles. The molecule has 0 amide bonds. The molecular formula is C21H38IN5O2. The molecule has 0 radical (unpaired) electrons. The van der Waals surface area contributed by atoms with Gasteiger partial charge in [-0.15, -0.1) is 24.0 Å². The van der Waals surface area contributed by atoms with E-state index in [9.17, 15) is 0 Å². The molecule has 1 aliphatic heterocycles. The van der Waals surface area contributed by atoms with Crippen molar-refractivity contribution in [2.45, 2.75) is 26.4 Å². The van der Waals surface area contributed by atoms with Gasteiger partial charge in [0.1, 0.15) is 12.4 Å². The first kappa shape index (κ1) is 25.9. The maximum Gasteiger partial charge on any atom is 0.191 e. The van der Waals surface area contributed by atoms with Crippen LogP contribution in [-0.4, -0.2) is 88.9 Å². The summed E-state index contributed by atoms with van der Waals surface area (Å²) >= 11 is 0. The normalized spacial score (nSPS) is 18.2. The first-order valence-corrected chi connectivity index (χ1v) is 10.2. The van der Waals surface area contributed by atoms with E-state index < -0.39 is 0 Å². The zero-order chi connectivity index (χ0) is 20.4. The molecule has 1 aromatic carbocycles. The molecule has 8 heteroatoms. The van der Waals surface area contributed by atoms with Gasteiger partial charge in [-0.1, -0.05) is 12.1 Å². The summed E-state index contributed by atoms with van der Waals surface area (Å²) in [6, 6.07) is 6.77. The van der Waals surface area contributed by atoms with Gasteiger partial charge in [0.25, 0.3) is 0 Å². The molecule has 0 saturated carbocycles. The molecule has 1 saturated heterocycles. The van der Waals surface area contributed by atoms with Crippen LogP contribution >= 0.6 is 24.0 Å². The lowest BCUT2D eigenvalue weighted by Gasteiger charge is -2.37. The number of aryl methyl sites for hydroxylation is 1. The van der Waals surface area contributed by atoms with Gasteiger partial charge in [0.05, 0.1) is 6.61 Å². The van der Waals surface area contributed by atoms with Gasteiger partial charge < -0.3 is 25.0 Å². The number of guanidine groups is 1. The molecular weight excluding hydrogens is 481 g/mol. The Morgan fingerprint density at radius 3 is 2.72 bits per heavy atom. The predicted octanol–water partition coefficient (Wildman–Crippen LogP) is 1.94. The van der Waals surface area contributed by atoms with Crippen LogP contribution in [0.5, 0.6) is 5.75 Å². The fraction of sp³-hybridized carbons (Fsp3) is 0.667. The minimum atomic E-state index is 0.